The van der Waals surface area contributed by atoms with Crippen LogP contribution in [0.15, 0.2) is 36.9 Å². The molecule has 0 atom stereocenters. The van der Waals surface area contributed by atoms with E-state index in [-0.39, 0.29) is 11.6 Å². The van der Waals surface area contributed by atoms with Crippen LogP contribution in [0.4, 0.5) is 5.69 Å². The Balaban J connectivity index is 1.64. The van der Waals surface area contributed by atoms with Crippen LogP contribution >= 0.6 is 11.3 Å². The zero-order valence-corrected chi connectivity index (χ0v) is 14.7. The van der Waals surface area contributed by atoms with Crippen molar-refractivity contribution in [2.75, 3.05) is 26.3 Å². The molecule has 1 aromatic carbocycles. The van der Waals surface area contributed by atoms with Gasteiger partial charge in [0, 0.05) is 41.9 Å². The van der Waals surface area contributed by atoms with Crippen LogP contribution in [0.3, 0.4) is 0 Å². The lowest BCUT2D eigenvalue weighted by atomic mass is 9.97. The summed E-state index contributed by atoms with van der Waals surface area (Å²) in [6.45, 7) is 6.34. The predicted octanol–water partition coefficient (Wildman–Crippen LogP) is 3.86. The molecule has 1 saturated heterocycles. The van der Waals surface area contributed by atoms with Gasteiger partial charge in [0.25, 0.3) is 11.6 Å². The van der Waals surface area contributed by atoms with Gasteiger partial charge in [0.2, 0.25) is 0 Å². The second-order valence-corrected chi connectivity index (χ2v) is 7.24. The van der Waals surface area contributed by atoms with E-state index in [4.69, 9.17) is 4.74 Å². The minimum Gasteiger partial charge on any atom is -0.377 e. The van der Waals surface area contributed by atoms with E-state index in [0.29, 0.717) is 24.0 Å². The summed E-state index contributed by atoms with van der Waals surface area (Å²) in [5.41, 5.74) is 0.0460. The molecule has 1 fully saturated rings. The molecule has 1 aliphatic rings. The van der Waals surface area contributed by atoms with E-state index in [0.717, 1.165) is 36.0 Å². The number of likely N-dealkylation sites (tertiary alicyclic amines) is 1. The highest BCUT2D eigenvalue weighted by Crippen LogP contribution is 2.30. The molecule has 0 aliphatic carbocycles. The average Bonchev–Trinajstić information content (AvgIpc) is 3.05. The quantitative estimate of drug-likeness (QED) is 0.339. The number of fused-ring (bicyclic) bond motifs is 1. The van der Waals surface area contributed by atoms with Crippen molar-refractivity contribution in [3.8, 4) is 0 Å². The van der Waals surface area contributed by atoms with E-state index < -0.39 is 4.92 Å². The summed E-state index contributed by atoms with van der Waals surface area (Å²) in [5.74, 6) is 0.489. The number of carbonyl (C=O) groups is 1. The Labute approximate surface area is 149 Å². The predicted molar refractivity (Wildman–Crippen MR) is 98.1 cm³/mol. The molecule has 0 bridgehead atoms. The molecule has 132 valence electrons. The summed E-state index contributed by atoms with van der Waals surface area (Å²) < 4.78 is 6.39. The Morgan fingerprint density at radius 3 is 2.84 bits per heavy atom. The van der Waals surface area contributed by atoms with E-state index in [9.17, 15) is 14.9 Å². The minimum atomic E-state index is -0.419. The smallest absolute Gasteiger partial charge is 0.270 e. The van der Waals surface area contributed by atoms with Crippen molar-refractivity contribution in [2.24, 2.45) is 5.92 Å². The third-order valence-corrected chi connectivity index (χ3v) is 5.52. The minimum absolute atomic E-state index is 0.00862. The number of nitro benzene ring substituents is 1. The van der Waals surface area contributed by atoms with Crippen molar-refractivity contribution in [3.05, 3.63) is 51.9 Å². The maximum atomic E-state index is 12.7. The molecule has 2 heterocycles. The molecule has 7 heteroatoms. The summed E-state index contributed by atoms with van der Waals surface area (Å²) in [5, 5.41) is 11.6. The van der Waals surface area contributed by atoms with Gasteiger partial charge in [0.05, 0.1) is 16.4 Å². The Kier molecular flexibility index (Phi) is 5.45. The van der Waals surface area contributed by atoms with Gasteiger partial charge in [-0.15, -0.1) is 17.9 Å². The zero-order chi connectivity index (χ0) is 17.8. The number of nitro groups is 1. The molecule has 6 nitrogen and oxygen atoms in total. The van der Waals surface area contributed by atoms with Crippen molar-refractivity contribution in [3.63, 3.8) is 0 Å². The number of rotatable bonds is 6. The number of hydrogen-bond donors (Lipinski definition) is 0. The first-order chi connectivity index (χ1) is 12.1. The first-order valence-electron chi connectivity index (χ1n) is 8.24. The molecule has 0 saturated carbocycles. The highest BCUT2D eigenvalue weighted by Gasteiger charge is 2.25. The summed E-state index contributed by atoms with van der Waals surface area (Å²) in [6.07, 6.45) is 3.60. The van der Waals surface area contributed by atoms with Gasteiger partial charge in [-0.3, -0.25) is 14.9 Å². The van der Waals surface area contributed by atoms with Crippen molar-refractivity contribution >= 4 is 33.0 Å². The van der Waals surface area contributed by atoms with Gasteiger partial charge in [0.1, 0.15) is 0 Å². The third-order valence-electron chi connectivity index (χ3n) is 4.41. The SMILES string of the molecule is C=CCOCC1CCN(C(=O)c2cc3cc([N+](=O)[O-])ccc3s2)CC1. The number of piperidine rings is 1. The summed E-state index contributed by atoms with van der Waals surface area (Å²) in [7, 11) is 0. The Hall–Kier alpha value is -2.25. The highest BCUT2D eigenvalue weighted by molar-refractivity contribution is 7.20. The van der Waals surface area contributed by atoms with Gasteiger partial charge in [-0.25, -0.2) is 0 Å². The number of non-ortho nitro benzene ring substituents is 1. The molecule has 0 N–H and O–H groups in total. The van der Waals surface area contributed by atoms with Crippen molar-refractivity contribution < 1.29 is 14.5 Å². The largest absolute Gasteiger partial charge is 0.377 e. The van der Waals surface area contributed by atoms with Crippen LogP contribution in [0.1, 0.15) is 22.5 Å². The first kappa shape index (κ1) is 17.6. The molecule has 2 aromatic rings. The first-order valence-corrected chi connectivity index (χ1v) is 9.06. The molecule has 0 radical (unpaired) electrons. The molecular formula is C18H20N2O4S. The number of carbonyl (C=O) groups excluding carboxylic acids is 1. The fraction of sp³-hybridized carbons (Fsp3) is 0.389. The molecule has 1 aliphatic heterocycles. The molecule has 0 unspecified atom stereocenters. The fourth-order valence-corrected chi connectivity index (χ4v) is 4.04. The summed E-state index contributed by atoms with van der Waals surface area (Å²) in [6, 6.07) is 6.46. The molecule has 1 aromatic heterocycles. The van der Waals surface area contributed by atoms with Crippen LogP contribution in [0.5, 0.6) is 0 Å². The van der Waals surface area contributed by atoms with E-state index in [2.05, 4.69) is 6.58 Å². The average molecular weight is 360 g/mol. The van der Waals surface area contributed by atoms with Gasteiger partial charge < -0.3 is 9.64 Å². The van der Waals surface area contributed by atoms with E-state index in [1.54, 1.807) is 18.2 Å². The Morgan fingerprint density at radius 2 is 2.16 bits per heavy atom. The molecule has 0 spiro atoms. The number of nitrogens with zero attached hydrogens (tertiary/aromatic N) is 2. The second-order valence-electron chi connectivity index (χ2n) is 6.15. The fourth-order valence-electron chi connectivity index (χ4n) is 3.03. The number of benzene rings is 1. The van der Waals surface area contributed by atoms with Crippen LogP contribution in [0, 0.1) is 16.0 Å². The lowest BCUT2D eigenvalue weighted by molar-refractivity contribution is -0.384. The molecule has 3 rings (SSSR count). The molecule has 25 heavy (non-hydrogen) atoms. The van der Waals surface area contributed by atoms with Gasteiger partial charge in [0.15, 0.2) is 0 Å². The van der Waals surface area contributed by atoms with Gasteiger partial charge in [-0.2, -0.15) is 0 Å². The standard InChI is InChI=1S/C18H20N2O4S/c1-2-9-24-12-13-5-7-19(8-6-13)18(21)17-11-14-10-15(20(22)23)3-4-16(14)25-17/h2-4,10-11,13H,1,5-9,12H2. The monoisotopic (exact) mass is 360 g/mol. The van der Waals surface area contributed by atoms with Crippen LogP contribution in [0.2, 0.25) is 0 Å². The van der Waals surface area contributed by atoms with E-state index >= 15 is 0 Å². The van der Waals surface area contributed by atoms with Gasteiger partial charge in [-0.1, -0.05) is 6.08 Å². The number of thiophene rings is 1. The maximum absolute atomic E-state index is 12.7. The lowest BCUT2D eigenvalue weighted by Crippen LogP contribution is -2.39. The van der Waals surface area contributed by atoms with Crippen molar-refractivity contribution in [2.45, 2.75) is 12.8 Å². The zero-order valence-electron chi connectivity index (χ0n) is 13.8. The van der Waals surface area contributed by atoms with E-state index in [1.165, 1.54) is 23.5 Å². The highest BCUT2D eigenvalue weighted by atomic mass is 32.1. The van der Waals surface area contributed by atoms with Crippen molar-refractivity contribution in [1.29, 1.82) is 0 Å². The van der Waals surface area contributed by atoms with Crippen LogP contribution in [-0.4, -0.2) is 42.0 Å². The number of hydrogen-bond acceptors (Lipinski definition) is 5. The summed E-state index contributed by atoms with van der Waals surface area (Å²) >= 11 is 1.39. The maximum Gasteiger partial charge on any atom is 0.270 e. The lowest BCUT2D eigenvalue weighted by Gasteiger charge is -2.31. The van der Waals surface area contributed by atoms with Crippen molar-refractivity contribution in [1.82, 2.24) is 4.90 Å². The molecular weight excluding hydrogens is 340 g/mol. The van der Waals surface area contributed by atoms with Crippen LogP contribution in [0.25, 0.3) is 10.1 Å². The number of amides is 1. The van der Waals surface area contributed by atoms with Crippen LogP contribution < -0.4 is 0 Å². The van der Waals surface area contributed by atoms with Crippen LogP contribution in [-0.2, 0) is 4.74 Å². The third kappa shape index (κ3) is 4.05. The second kappa shape index (κ2) is 7.76. The Bertz CT molecular complexity index is 793. The molecule has 1 amide bonds. The van der Waals surface area contributed by atoms with E-state index in [1.807, 2.05) is 4.90 Å². The Morgan fingerprint density at radius 1 is 1.40 bits per heavy atom. The topological polar surface area (TPSA) is 72.7 Å². The normalized spacial score (nSPS) is 15.4. The van der Waals surface area contributed by atoms with Gasteiger partial charge in [-0.05, 0) is 30.9 Å². The summed E-state index contributed by atoms with van der Waals surface area (Å²) in [4.78, 5) is 25.7. The number of ether oxygens (including phenoxy) is 1. The van der Waals surface area contributed by atoms with Gasteiger partial charge >= 0.3 is 0 Å².